The molecule has 1 aromatic rings. The molecule has 0 heterocycles. The van der Waals surface area contributed by atoms with Crippen LogP contribution in [0.25, 0.3) is 0 Å². The van der Waals surface area contributed by atoms with Crippen molar-refractivity contribution in [2.24, 2.45) is 0 Å². The number of urea groups is 1. The maximum atomic E-state index is 12.4. The summed E-state index contributed by atoms with van der Waals surface area (Å²) in [5.41, 5.74) is 1.42. The molecule has 0 saturated carbocycles. The molecule has 1 atom stereocenters. The molecule has 0 saturated heterocycles. The van der Waals surface area contributed by atoms with Crippen LogP contribution in [0.2, 0.25) is 0 Å². The summed E-state index contributed by atoms with van der Waals surface area (Å²) in [5.74, 6) is 0. The fraction of sp³-hybridized carbons (Fsp3) is 0.588. The van der Waals surface area contributed by atoms with E-state index in [-0.39, 0.29) is 12.1 Å². The Bertz CT molecular complexity index is 449. The summed E-state index contributed by atoms with van der Waals surface area (Å²) in [6.07, 6.45) is 0.828. The van der Waals surface area contributed by atoms with Crippen LogP contribution in [0.5, 0.6) is 0 Å². The number of amides is 2. The van der Waals surface area contributed by atoms with E-state index in [1.807, 2.05) is 13.8 Å². The second-order valence-corrected chi connectivity index (χ2v) is 6.15. The number of benzene rings is 1. The predicted octanol–water partition coefficient (Wildman–Crippen LogP) is 3.25. The van der Waals surface area contributed by atoms with E-state index < -0.39 is 5.60 Å². The molecule has 21 heavy (non-hydrogen) atoms. The zero-order valence-corrected chi connectivity index (χ0v) is 13.8. The zero-order chi connectivity index (χ0) is 16.0. The Kier molecular flexibility index (Phi) is 6.21. The second kappa shape index (κ2) is 7.46. The van der Waals surface area contributed by atoms with E-state index in [2.05, 4.69) is 36.5 Å². The summed E-state index contributed by atoms with van der Waals surface area (Å²) in [6, 6.07) is 8.07. The Balaban J connectivity index is 2.75. The predicted molar refractivity (Wildman–Crippen MR) is 86.3 cm³/mol. The molecule has 1 unspecified atom stereocenters. The number of carbonyl (C=O) groups is 1. The minimum atomic E-state index is -0.890. The fourth-order valence-electron chi connectivity index (χ4n) is 2.25. The van der Waals surface area contributed by atoms with Crippen LogP contribution in [-0.2, 0) is 0 Å². The molecule has 0 aliphatic heterocycles. The van der Waals surface area contributed by atoms with Gasteiger partial charge in [0.2, 0.25) is 0 Å². The van der Waals surface area contributed by atoms with E-state index in [0.717, 1.165) is 12.0 Å². The summed E-state index contributed by atoms with van der Waals surface area (Å²) >= 11 is 0. The van der Waals surface area contributed by atoms with Gasteiger partial charge >= 0.3 is 6.03 Å². The van der Waals surface area contributed by atoms with Gasteiger partial charge in [0.15, 0.2) is 0 Å². The number of aryl methyl sites for hydroxylation is 1. The molecule has 2 amide bonds. The van der Waals surface area contributed by atoms with Crippen molar-refractivity contribution < 1.29 is 9.90 Å². The molecule has 0 fully saturated rings. The highest BCUT2D eigenvalue weighted by atomic mass is 16.3. The van der Waals surface area contributed by atoms with Crippen molar-refractivity contribution in [2.45, 2.75) is 52.7 Å². The van der Waals surface area contributed by atoms with Crippen LogP contribution in [0.4, 0.5) is 4.79 Å². The molecular formula is C17H28N2O2. The number of likely N-dealkylation sites (N-methyl/N-ethyl adjacent to an activating group) is 1. The van der Waals surface area contributed by atoms with Crippen molar-refractivity contribution in [1.29, 1.82) is 0 Å². The smallest absolute Gasteiger partial charge is 0.317 e. The lowest BCUT2D eigenvalue weighted by Gasteiger charge is -2.30. The highest BCUT2D eigenvalue weighted by molar-refractivity contribution is 5.74. The van der Waals surface area contributed by atoms with E-state index in [9.17, 15) is 9.90 Å². The molecule has 4 nitrogen and oxygen atoms in total. The average Bonchev–Trinajstić information content (AvgIpc) is 2.42. The number of hydrogen-bond acceptors (Lipinski definition) is 2. The van der Waals surface area contributed by atoms with Gasteiger partial charge in [-0.05, 0) is 39.7 Å². The number of rotatable bonds is 6. The van der Waals surface area contributed by atoms with Crippen LogP contribution in [0, 0.1) is 6.92 Å². The SMILES string of the molecule is CCC(NC(=O)N(CC)CC(C)(C)O)c1ccc(C)cc1. The van der Waals surface area contributed by atoms with Crippen molar-refractivity contribution in [3.05, 3.63) is 35.4 Å². The Hall–Kier alpha value is -1.55. The number of aliphatic hydroxyl groups is 1. The quantitative estimate of drug-likeness (QED) is 0.845. The van der Waals surface area contributed by atoms with Gasteiger partial charge in [-0.3, -0.25) is 0 Å². The molecule has 118 valence electrons. The summed E-state index contributed by atoms with van der Waals surface area (Å²) < 4.78 is 0. The van der Waals surface area contributed by atoms with Crippen LogP contribution in [0.15, 0.2) is 24.3 Å². The lowest BCUT2D eigenvalue weighted by atomic mass is 10.0. The Morgan fingerprint density at radius 1 is 1.29 bits per heavy atom. The first kappa shape index (κ1) is 17.5. The van der Waals surface area contributed by atoms with Crippen LogP contribution in [-0.4, -0.2) is 34.7 Å². The summed E-state index contributed by atoms with van der Waals surface area (Å²) in [4.78, 5) is 14.0. The lowest BCUT2D eigenvalue weighted by molar-refractivity contribution is 0.0475. The molecule has 1 rings (SSSR count). The highest BCUT2D eigenvalue weighted by Gasteiger charge is 2.23. The van der Waals surface area contributed by atoms with E-state index in [0.29, 0.717) is 13.1 Å². The molecule has 4 heteroatoms. The largest absolute Gasteiger partial charge is 0.389 e. The van der Waals surface area contributed by atoms with Crippen LogP contribution >= 0.6 is 0 Å². The minimum absolute atomic E-state index is 0.00560. The third-order valence-corrected chi connectivity index (χ3v) is 3.43. The van der Waals surface area contributed by atoms with Gasteiger partial charge in [-0.15, -0.1) is 0 Å². The molecule has 0 aliphatic rings. The molecule has 1 aromatic carbocycles. The van der Waals surface area contributed by atoms with Crippen molar-refractivity contribution >= 4 is 6.03 Å². The number of carbonyl (C=O) groups excluding carboxylic acids is 1. The van der Waals surface area contributed by atoms with Crippen LogP contribution in [0.3, 0.4) is 0 Å². The molecule has 0 spiro atoms. The van der Waals surface area contributed by atoms with Gasteiger partial charge in [-0.2, -0.15) is 0 Å². The van der Waals surface area contributed by atoms with Crippen molar-refractivity contribution in [1.82, 2.24) is 10.2 Å². The normalized spacial score (nSPS) is 12.9. The Morgan fingerprint density at radius 2 is 1.86 bits per heavy atom. The molecule has 0 bridgehead atoms. The summed E-state index contributed by atoms with van der Waals surface area (Å²) in [5, 5.41) is 12.9. The first-order valence-corrected chi connectivity index (χ1v) is 7.61. The molecule has 0 aromatic heterocycles. The maximum Gasteiger partial charge on any atom is 0.317 e. The summed E-state index contributed by atoms with van der Waals surface area (Å²) in [7, 11) is 0. The fourth-order valence-corrected chi connectivity index (χ4v) is 2.25. The zero-order valence-electron chi connectivity index (χ0n) is 13.8. The molecule has 0 aliphatic carbocycles. The van der Waals surface area contributed by atoms with Gasteiger partial charge < -0.3 is 15.3 Å². The van der Waals surface area contributed by atoms with E-state index in [1.54, 1.807) is 18.7 Å². The Morgan fingerprint density at radius 3 is 2.29 bits per heavy atom. The van der Waals surface area contributed by atoms with Crippen LogP contribution < -0.4 is 5.32 Å². The van der Waals surface area contributed by atoms with E-state index >= 15 is 0 Å². The number of nitrogens with one attached hydrogen (secondary N) is 1. The van der Waals surface area contributed by atoms with Crippen LogP contribution in [0.1, 0.15) is 51.3 Å². The molecular weight excluding hydrogens is 264 g/mol. The monoisotopic (exact) mass is 292 g/mol. The standard InChI is InChI=1S/C17H28N2O2/c1-6-15(14-10-8-13(3)9-11-14)18-16(20)19(7-2)12-17(4,5)21/h8-11,15,21H,6-7,12H2,1-5H3,(H,18,20). The third-order valence-electron chi connectivity index (χ3n) is 3.43. The minimum Gasteiger partial charge on any atom is -0.389 e. The van der Waals surface area contributed by atoms with Crippen molar-refractivity contribution in [3.8, 4) is 0 Å². The van der Waals surface area contributed by atoms with Gasteiger partial charge in [0.25, 0.3) is 0 Å². The highest BCUT2D eigenvalue weighted by Crippen LogP contribution is 2.18. The lowest BCUT2D eigenvalue weighted by Crippen LogP contribution is -2.47. The first-order valence-electron chi connectivity index (χ1n) is 7.61. The second-order valence-electron chi connectivity index (χ2n) is 6.15. The van der Waals surface area contributed by atoms with E-state index in [4.69, 9.17) is 0 Å². The van der Waals surface area contributed by atoms with Gasteiger partial charge in [0.05, 0.1) is 18.2 Å². The first-order chi connectivity index (χ1) is 9.76. The van der Waals surface area contributed by atoms with Gasteiger partial charge in [0, 0.05) is 6.54 Å². The number of hydrogen-bond donors (Lipinski definition) is 2. The molecule has 0 radical (unpaired) electrons. The van der Waals surface area contributed by atoms with Gasteiger partial charge in [-0.25, -0.2) is 4.79 Å². The van der Waals surface area contributed by atoms with E-state index in [1.165, 1.54) is 5.56 Å². The average molecular weight is 292 g/mol. The maximum absolute atomic E-state index is 12.4. The molecule has 2 N–H and O–H groups in total. The Labute approximate surface area is 128 Å². The third kappa shape index (κ3) is 5.76. The summed E-state index contributed by atoms with van der Waals surface area (Å²) in [6.45, 7) is 10.3. The topological polar surface area (TPSA) is 52.6 Å². The number of nitrogens with zero attached hydrogens (tertiary/aromatic N) is 1. The van der Waals surface area contributed by atoms with Gasteiger partial charge in [0.1, 0.15) is 0 Å². The van der Waals surface area contributed by atoms with Crippen molar-refractivity contribution in [2.75, 3.05) is 13.1 Å². The van der Waals surface area contributed by atoms with Gasteiger partial charge in [-0.1, -0.05) is 36.8 Å². The van der Waals surface area contributed by atoms with Crippen molar-refractivity contribution in [3.63, 3.8) is 0 Å².